The van der Waals surface area contributed by atoms with Gasteiger partial charge in [-0.2, -0.15) is 13.2 Å². The van der Waals surface area contributed by atoms with Gasteiger partial charge in [-0.1, -0.05) is 6.07 Å². The second kappa shape index (κ2) is 4.94. The van der Waals surface area contributed by atoms with Gasteiger partial charge >= 0.3 is 6.18 Å². The van der Waals surface area contributed by atoms with E-state index in [1.807, 2.05) is 0 Å². The molecule has 108 valence electrons. The quantitative estimate of drug-likeness (QED) is 0.920. The Balaban J connectivity index is 2.93. The lowest BCUT2D eigenvalue weighted by Gasteiger charge is -2.16. The van der Waals surface area contributed by atoms with Crippen molar-refractivity contribution in [2.75, 3.05) is 6.54 Å². The summed E-state index contributed by atoms with van der Waals surface area (Å²) in [5, 5.41) is 0.0445. The van der Waals surface area contributed by atoms with Crippen molar-refractivity contribution in [1.82, 2.24) is 4.57 Å². The van der Waals surface area contributed by atoms with Crippen LogP contribution >= 0.6 is 0 Å². The third-order valence-corrected chi connectivity index (χ3v) is 3.41. The second-order valence-corrected chi connectivity index (χ2v) is 4.75. The van der Waals surface area contributed by atoms with E-state index in [1.165, 1.54) is 30.7 Å². The van der Waals surface area contributed by atoms with E-state index < -0.39 is 17.3 Å². The van der Waals surface area contributed by atoms with Crippen LogP contribution in [-0.2, 0) is 19.6 Å². The van der Waals surface area contributed by atoms with E-state index in [0.717, 1.165) is 5.56 Å². The minimum atomic E-state index is -4.56. The molecule has 1 aromatic heterocycles. The Morgan fingerprint density at radius 2 is 1.95 bits per heavy atom. The number of benzene rings is 1. The highest BCUT2D eigenvalue weighted by Gasteiger charge is 2.36. The zero-order chi connectivity index (χ0) is 15.1. The molecule has 6 heteroatoms. The van der Waals surface area contributed by atoms with E-state index in [9.17, 15) is 18.0 Å². The third-order valence-electron chi connectivity index (χ3n) is 3.41. The van der Waals surface area contributed by atoms with Crippen LogP contribution in [0.25, 0.3) is 10.9 Å². The predicted octanol–water partition coefficient (Wildman–Crippen LogP) is 2.37. The average Bonchev–Trinajstić information content (AvgIpc) is 2.35. The van der Waals surface area contributed by atoms with Crippen LogP contribution in [0.15, 0.2) is 23.0 Å². The van der Waals surface area contributed by atoms with Gasteiger partial charge in [0.15, 0.2) is 0 Å². The Hall–Kier alpha value is -1.82. The number of aryl methyl sites for hydroxylation is 1. The van der Waals surface area contributed by atoms with E-state index in [-0.39, 0.29) is 16.5 Å². The molecule has 2 rings (SSSR count). The van der Waals surface area contributed by atoms with Crippen molar-refractivity contribution in [3.05, 3.63) is 45.2 Å². The molecular formula is C14H15F3N2O. The van der Waals surface area contributed by atoms with Crippen LogP contribution in [0.4, 0.5) is 13.2 Å². The van der Waals surface area contributed by atoms with Gasteiger partial charge < -0.3 is 10.3 Å². The van der Waals surface area contributed by atoms with Crippen LogP contribution in [0.1, 0.15) is 16.7 Å². The standard InChI is InChI=1S/C14H15F3N2O/c1-8-12(14(15,16)17)10-7-9(5-6-18)3-4-11(10)19(2)13(8)20/h3-4,7H,5-6,18H2,1-2H3. The van der Waals surface area contributed by atoms with Crippen molar-refractivity contribution in [2.45, 2.75) is 19.5 Å². The normalized spacial score (nSPS) is 12.1. The molecule has 0 unspecified atom stereocenters. The smallest absolute Gasteiger partial charge is 0.330 e. The second-order valence-electron chi connectivity index (χ2n) is 4.75. The molecule has 2 aromatic rings. The van der Waals surface area contributed by atoms with Crippen molar-refractivity contribution in [1.29, 1.82) is 0 Å². The van der Waals surface area contributed by atoms with Crippen LogP contribution in [0.5, 0.6) is 0 Å². The molecule has 1 heterocycles. The van der Waals surface area contributed by atoms with Gasteiger partial charge in [-0.15, -0.1) is 0 Å². The first-order chi connectivity index (χ1) is 9.27. The highest BCUT2D eigenvalue weighted by atomic mass is 19.4. The molecule has 0 aliphatic carbocycles. The zero-order valence-corrected chi connectivity index (χ0v) is 11.2. The molecule has 0 bridgehead atoms. The highest BCUT2D eigenvalue weighted by Crippen LogP contribution is 2.36. The Labute approximate surface area is 113 Å². The summed E-state index contributed by atoms with van der Waals surface area (Å²) in [4.78, 5) is 11.9. The molecule has 1 aromatic carbocycles. The summed E-state index contributed by atoms with van der Waals surface area (Å²) in [6.07, 6.45) is -4.06. The van der Waals surface area contributed by atoms with Gasteiger partial charge in [0.1, 0.15) is 0 Å². The Morgan fingerprint density at radius 3 is 2.50 bits per heavy atom. The van der Waals surface area contributed by atoms with E-state index in [0.29, 0.717) is 13.0 Å². The van der Waals surface area contributed by atoms with Crippen molar-refractivity contribution in [2.24, 2.45) is 12.8 Å². The number of fused-ring (bicyclic) bond motifs is 1. The van der Waals surface area contributed by atoms with E-state index in [1.54, 1.807) is 6.07 Å². The number of alkyl halides is 3. The van der Waals surface area contributed by atoms with Crippen molar-refractivity contribution < 1.29 is 13.2 Å². The summed E-state index contributed by atoms with van der Waals surface area (Å²) in [6.45, 7) is 1.57. The number of nitrogens with two attached hydrogens (primary N) is 1. The summed E-state index contributed by atoms with van der Waals surface area (Å²) in [5.74, 6) is 0. The van der Waals surface area contributed by atoms with Gasteiger partial charge in [-0.3, -0.25) is 4.79 Å². The maximum Gasteiger partial charge on any atom is 0.417 e. The Kier molecular flexibility index (Phi) is 3.60. The number of nitrogens with zero attached hydrogens (tertiary/aromatic N) is 1. The van der Waals surface area contributed by atoms with Gasteiger partial charge in [0.2, 0.25) is 0 Å². The maximum absolute atomic E-state index is 13.2. The summed E-state index contributed by atoms with van der Waals surface area (Å²) in [5.41, 5.74) is 4.67. The lowest BCUT2D eigenvalue weighted by atomic mass is 10.00. The maximum atomic E-state index is 13.2. The summed E-state index contributed by atoms with van der Waals surface area (Å²) >= 11 is 0. The number of hydrogen-bond donors (Lipinski definition) is 1. The molecule has 0 radical (unpaired) electrons. The summed E-state index contributed by atoms with van der Waals surface area (Å²) in [6, 6.07) is 4.71. The molecule has 0 fully saturated rings. The number of halogens is 3. The molecule has 0 spiro atoms. The number of aromatic nitrogens is 1. The monoisotopic (exact) mass is 284 g/mol. The first-order valence-electron chi connectivity index (χ1n) is 6.17. The average molecular weight is 284 g/mol. The van der Waals surface area contributed by atoms with E-state index in [4.69, 9.17) is 5.73 Å². The van der Waals surface area contributed by atoms with Gasteiger partial charge in [0.05, 0.1) is 11.1 Å². The minimum Gasteiger partial charge on any atom is -0.330 e. The molecule has 20 heavy (non-hydrogen) atoms. The van der Waals surface area contributed by atoms with Crippen molar-refractivity contribution in [3.63, 3.8) is 0 Å². The fraction of sp³-hybridized carbons (Fsp3) is 0.357. The lowest BCUT2D eigenvalue weighted by Crippen LogP contribution is -2.25. The molecule has 0 saturated heterocycles. The SMILES string of the molecule is Cc1c(C(F)(F)F)c2cc(CCN)ccc2n(C)c1=O. The van der Waals surface area contributed by atoms with Crippen molar-refractivity contribution >= 4 is 10.9 Å². The van der Waals surface area contributed by atoms with Gasteiger partial charge in [-0.25, -0.2) is 0 Å². The zero-order valence-electron chi connectivity index (χ0n) is 11.2. The summed E-state index contributed by atoms with van der Waals surface area (Å²) < 4.78 is 40.9. The Morgan fingerprint density at radius 1 is 1.30 bits per heavy atom. The topological polar surface area (TPSA) is 48.0 Å². The minimum absolute atomic E-state index is 0.0445. The fourth-order valence-corrected chi connectivity index (χ4v) is 2.43. The van der Waals surface area contributed by atoms with Crippen LogP contribution in [0.3, 0.4) is 0 Å². The molecule has 0 aliphatic rings. The summed E-state index contributed by atoms with van der Waals surface area (Å²) in [7, 11) is 1.47. The first kappa shape index (κ1) is 14.6. The van der Waals surface area contributed by atoms with Crippen LogP contribution in [0.2, 0.25) is 0 Å². The lowest BCUT2D eigenvalue weighted by molar-refractivity contribution is -0.136. The first-order valence-corrected chi connectivity index (χ1v) is 6.17. The van der Waals surface area contributed by atoms with Gasteiger partial charge in [0, 0.05) is 18.0 Å². The molecule has 2 N–H and O–H groups in total. The molecule has 0 saturated carbocycles. The molecular weight excluding hydrogens is 269 g/mol. The van der Waals surface area contributed by atoms with Gasteiger partial charge in [0.25, 0.3) is 5.56 Å². The third kappa shape index (κ3) is 2.31. The molecule has 0 aliphatic heterocycles. The Bertz CT molecular complexity index is 717. The number of pyridine rings is 1. The largest absolute Gasteiger partial charge is 0.417 e. The van der Waals surface area contributed by atoms with Gasteiger partial charge in [-0.05, 0) is 37.6 Å². The number of rotatable bonds is 2. The highest BCUT2D eigenvalue weighted by molar-refractivity contribution is 5.85. The molecule has 0 atom stereocenters. The fourth-order valence-electron chi connectivity index (χ4n) is 2.43. The number of hydrogen-bond acceptors (Lipinski definition) is 2. The van der Waals surface area contributed by atoms with Crippen LogP contribution in [0, 0.1) is 6.92 Å². The van der Waals surface area contributed by atoms with Crippen molar-refractivity contribution in [3.8, 4) is 0 Å². The van der Waals surface area contributed by atoms with Crippen LogP contribution < -0.4 is 11.3 Å². The molecule has 3 nitrogen and oxygen atoms in total. The van der Waals surface area contributed by atoms with E-state index in [2.05, 4.69) is 0 Å². The van der Waals surface area contributed by atoms with Crippen LogP contribution in [-0.4, -0.2) is 11.1 Å². The van der Waals surface area contributed by atoms with E-state index >= 15 is 0 Å². The molecule has 0 amide bonds. The predicted molar refractivity (Wildman–Crippen MR) is 71.7 cm³/mol.